The number of methoxy groups -OCH3 is 1. The number of unbranched alkanes of at least 4 members (excludes halogenated alkanes) is 5. The van der Waals surface area contributed by atoms with Crippen LogP contribution in [0.4, 0.5) is 5.69 Å². The molecule has 5 aromatic rings. The topological polar surface area (TPSA) is 138 Å². The van der Waals surface area contributed by atoms with E-state index in [1.165, 1.54) is 25.1 Å². The molecule has 11 nitrogen and oxygen atoms in total. The molecule has 1 aromatic heterocycles. The van der Waals surface area contributed by atoms with Gasteiger partial charge < -0.3 is 23.6 Å². The predicted octanol–water partition coefficient (Wildman–Crippen LogP) is 13.1. The number of ether oxygens (including phenoxy) is 3. The van der Waals surface area contributed by atoms with Crippen molar-refractivity contribution in [2.75, 3.05) is 20.3 Å². The molecule has 0 spiro atoms. The Morgan fingerprint density at radius 1 is 0.773 bits per heavy atom. The zero-order chi connectivity index (χ0) is 47.1. The van der Waals surface area contributed by atoms with Crippen LogP contribution in [0.3, 0.4) is 0 Å². The molecule has 0 aliphatic heterocycles. The molecule has 0 fully saturated rings. The summed E-state index contributed by atoms with van der Waals surface area (Å²) < 4.78 is 19.4. The molecule has 66 heavy (non-hydrogen) atoms. The van der Waals surface area contributed by atoms with Crippen molar-refractivity contribution in [2.24, 2.45) is 0 Å². The van der Waals surface area contributed by atoms with E-state index in [-0.39, 0.29) is 29.3 Å². The number of fused-ring (bicyclic) bond motifs is 3. The lowest BCUT2D eigenvalue weighted by atomic mass is 10.0. The smallest absolute Gasteiger partial charge is 0.348 e. The molecule has 11 heteroatoms. The Kier molecular flexibility index (Phi) is 19.2. The quantitative estimate of drug-likeness (QED) is 0.00687. The molecule has 1 heterocycles. The first kappa shape index (κ1) is 48.9. The highest BCUT2D eigenvalue weighted by Crippen LogP contribution is 2.36. The van der Waals surface area contributed by atoms with E-state index in [1.54, 1.807) is 31.4 Å². The zero-order valence-corrected chi connectivity index (χ0v) is 37.2. The van der Waals surface area contributed by atoms with Crippen molar-refractivity contribution in [1.29, 1.82) is 5.26 Å². The fourth-order valence-electron chi connectivity index (χ4n) is 6.95. The first-order chi connectivity index (χ1) is 32.1. The van der Waals surface area contributed by atoms with Crippen LogP contribution in [0, 0.1) is 28.0 Å². The molecule has 1 unspecified atom stereocenters. The van der Waals surface area contributed by atoms with E-state index < -0.39 is 17.1 Å². The number of nitro groups is 1. The van der Waals surface area contributed by atoms with Crippen LogP contribution in [0.2, 0.25) is 0 Å². The van der Waals surface area contributed by atoms with Crippen molar-refractivity contribution in [3.63, 3.8) is 0 Å². The predicted molar refractivity (Wildman–Crippen MR) is 264 cm³/mol. The molecule has 4 aromatic carbocycles. The number of nitro benzene ring substituents is 1. The van der Waals surface area contributed by atoms with E-state index in [0.29, 0.717) is 23.3 Å². The van der Waals surface area contributed by atoms with E-state index >= 15 is 0 Å². The summed E-state index contributed by atoms with van der Waals surface area (Å²) in [6.45, 7) is 13.6. The number of nitrogens with zero attached hydrogens (tertiary/aromatic N) is 4. The summed E-state index contributed by atoms with van der Waals surface area (Å²) >= 11 is 0. The Morgan fingerprint density at radius 2 is 1.30 bits per heavy atom. The average molecular weight is 881 g/mol. The van der Waals surface area contributed by atoms with E-state index in [4.69, 9.17) is 20.8 Å². The van der Waals surface area contributed by atoms with Crippen molar-refractivity contribution >= 4 is 63.5 Å². The van der Waals surface area contributed by atoms with E-state index in [2.05, 4.69) is 11.4 Å². The number of ketones is 1. The molecule has 0 aliphatic rings. The molecule has 0 bridgehead atoms. The molecular formula is C55H52N4O7. The summed E-state index contributed by atoms with van der Waals surface area (Å²) in [5, 5.41) is 22.7. The number of aromatic nitrogens is 1. The highest BCUT2D eigenvalue weighted by atomic mass is 16.6. The van der Waals surface area contributed by atoms with Crippen molar-refractivity contribution in [3.05, 3.63) is 201 Å². The number of Topliss-reactive ketones (excluding diaryl/α,β-unsaturated/α-hetero) is 1. The number of allylic oxidation sites excluding steroid dienone is 9. The van der Waals surface area contributed by atoms with Gasteiger partial charge in [0.25, 0.3) is 5.69 Å². The highest BCUT2D eigenvalue weighted by molar-refractivity contribution is 6.10. The van der Waals surface area contributed by atoms with E-state index in [0.717, 1.165) is 71.6 Å². The van der Waals surface area contributed by atoms with Crippen LogP contribution < -0.4 is 4.74 Å². The van der Waals surface area contributed by atoms with Gasteiger partial charge in [-0.05, 0) is 109 Å². The first-order valence-corrected chi connectivity index (χ1v) is 21.6. The van der Waals surface area contributed by atoms with Gasteiger partial charge in [0.05, 0.1) is 29.1 Å². The average Bonchev–Trinajstić information content (AvgIpc) is 3.64. The third-order valence-corrected chi connectivity index (χ3v) is 10.3. The fraction of sp³-hybridized carbons (Fsp3) is 0.200. The Hall–Kier alpha value is -8.12. The molecule has 0 aliphatic carbocycles. The summed E-state index contributed by atoms with van der Waals surface area (Å²) in [5.41, 5.74) is 4.41. The molecule has 0 saturated carbocycles. The van der Waals surface area contributed by atoms with Gasteiger partial charge in [-0.25, -0.2) is 9.64 Å². The second-order valence-corrected chi connectivity index (χ2v) is 15.1. The molecule has 0 saturated heterocycles. The summed E-state index contributed by atoms with van der Waals surface area (Å²) in [5.74, 6) is -0.457. The Bertz CT molecular complexity index is 2810. The molecule has 0 radical (unpaired) electrons. The molecule has 0 N–H and O–H groups in total. The number of non-ortho nitro benzene ring substituents is 1. The van der Waals surface area contributed by atoms with Crippen LogP contribution >= 0.6 is 0 Å². The normalized spacial score (nSPS) is 12.7. The minimum atomic E-state index is -0.699. The maximum Gasteiger partial charge on any atom is 0.348 e. The van der Waals surface area contributed by atoms with Gasteiger partial charge in [-0.2, -0.15) is 5.26 Å². The lowest BCUT2D eigenvalue weighted by Gasteiger charge is -2.20. The van der Waals surface area contributed by atoms with Crippen molar-refractivity contribution in [3.8, 4) is 11.8 Å². The maximum absolute atomic E-state index is 13.1. The number of rotatable bonds is 24. The minimum Gasteiger partial charge on any atom is -0.467 e. The number of nitriles is 1. The third kappa shape index (κ3) is 14.5. The standard InChI is InChI=1S/C55H52N4O7/c1-5-6-7-8-9-10-13-16-19-54(66-48-30-24-43(25-31-48)21-20-42-22-28-47(29-23-42)59(62)63)58-52-32-26-44(36-46(40-56)55(61)65-35-18-15-12-11-14-17-34-64-4)37-49(52)50-38-45(27-33-53(50)58)39-51(57-3)41(2)60/h5-10,13,16,19-33,36-39,54H,1,11-12,14-15,17-18,34-35H2,2,4H3/b7-6+,9-8+,13-10+,19-16+,21-20+,46-36+,51-39-. The number of hydrogen-bond acceptors (Lipinski definition) is 8. The SMILES string of the molecule is [C-]#[N+]/C(=C\c1ccc2c(c1)c1cc(/C=C(\C#N)C(=O)OCCCCCCCCOC)ccc1n2C(/C=C/C=C/C=C/C=C/C=C)Oc1ccc(/C=C/c2ccc([N+](=O)[O-])cc2)cc1)C(C)=O. The second-order valence-electron chi connectivity index (χ2n) is 15.1. The van der Waals surface area contributed by atoms with Crippen LogP contribution in [0.5, 0.6) is 5.75 Å². The van der Waals surface area contributed by atoms with Gasteiger partial charge in [-0.1, -0.05) is 117 Å². The number of benzene rings is 4. The van der Waals surface area contributed by atoms with Crippen LogP contribution in [-0.2, 0) is 19.1 Å². The second kappa shape index (κ2) is 25.9. The highest BCUT2D eigenvalue weighted by Gasteiger charge is 2.20. The summed E-state index contributed by atoms with van der Waals surface area (Å²) in [6, 6.07) is 27.2. The summed E-state index contributed by atoms with van der Waals surface area (Å²) in [6.07, 6.45) is 28.8. The van der Waals surface area contributed by atoms with Gasteiger partial charge in [0.2, 0.25) is 5.70 Å². The van der Waals surface area contributed by atoms with Crippen molar-refractivity contribution in [2.45, 2.75) is 51.7 Å². The Balaban J connectivity index is 1.52. The van der Waals surface area contributed by atoms with Gasteiger partial charge in [0, 0.05) is 36.6 Å². The van der Waals surface area contributed by atoms with Crippen LogP contribution in [0.15, 0.2) is 157 Å². The zero-order valence-electron chi connectivity index (χ0n) is 37.2. The minimum absolute atomic E-state index is 0.00282. The van der Waals surface area contributed by atoms with Gasteiger partial charge in [0.15, 0.2) is 12.0 Å². The number of hydrogen-bond donors (Lipinski definition) is 0. The van der Waals surface area contributed by atoms with Crippen LogP contribution in [0.25, 0.3) is 51.0 Å². The molecule has 0 amide bonds. The third-order valence-electron chi connectivity index (χ3n) is 10.3. The Labute approximate surface area is 385 Å². The largest absolute Gasteiger partial charge is 0.467 e. The van der Waals surface area contributed by atoms with Crippen molar-refractivity contribution in [1.82, 2.24) is 4.57 Å². The lowest BCUT2D eigenvalue weighted by Crippen LogP contribution is -2.13. The number of esters is 1. The monoisotopic (exact) mass is 880 g/mol. The van der Waals surface area contributed by atoms with Crippen LogP contribution in [0.1, 0.15) is 73.9 Å². The van der Waals surface area contributed by atoms with E-state index in [1.807, 2.05) is 132 Å². The lowest BCUT2D eigenvalue weighted by molar-refractivity contribution is -0.384. The molecular weight excluding hydrogens is 829 g/mol. The van der Waals surface area contributed by atoms with Gasteiger partial charge in [0.1, 0.15) is 17.4 Å². The van der Waals surface area contributed by atoms with Gasteiger partial charge >= 0.3 is 5.97 Å². The fourth-order valence-corrected chi connectivity index (χ4v) is 6.95. The molecule has 5 rings (SSSR count). The maximum atomic E-state index is 13.1. The van der Waals surface area contributed by atoms with Gasteiger partial charge in [-0.15, -0.1) is 0 Å². The van der Waals surface area contributed by atoms with Gasteiger partial charge in [-0.3, -0.25) is 10.1 Å². The van der Waals surface area contributed by atoms with E-state index in [9.17, 15) is 25.0 Å². The van der Waals surface area contributed by atoms with Crippen molar-refractivity contribution < 1.29 is 28.7 Å². The first-order valence-electron chi connectivity index (χ1n) is 21.6. The number of carbonyl (C=O) groups is 2. The summed E-state index contributed by atoms with van der Waals surface area (Å²) in [4.78, 5) is 39.4. The van der Waals surface area contributed by atoms with Crippen LogP contribution in [-0.4, -0.2) is 41.6 Å². The molecule has 1 atom stereocenters. The Morgan fingerprint density at radius 3 is 1.85 bits per heavy atom. The molecule has 334 valence electrons. The number of carbonyl (C=O) groups excluding carboxylic acids is 2. The summed E-state index contributed by atoms with van der Waals surface area (Å²) in [7, 11) is 1.70.